The molecule has 3 aromatic carbocycles. The number of ketones is 1. The average Bonchev–Trinajstić information content (AvgIpc) is 2.82. The van der Waals surface area contributed by atoms with E-state index in [0.717, 1.165) is 0 Å². The van der Waals surface area contributed by atoms with Gasteiger partial charge in [0.15, 0.2) is 17.6 Å². The molecule has 1 unspecified atom stereocenters. The Bertz CT molecular complexity index is 1040. The summed E-state index contributed by atoms with van der Waals surface area (Å²) in [5.41, 5.74) is 1.06. The zero-order valence-corrected chi connectivity index (χ0v) is 18.0. The molecule has 0 aromatic heterocycles. The highest BCUT2D eigenvalue weighted by atomic mass is 35.5. The number of benzene rings is 3. The first-order chi connectivity index (χ1) is 15.0. The van der Waals surface area contributed by atoms with Crippen molar-refractivity contribution in [3.8, 4) is 17.2 Å². The highest BCUT2D eigenvalue weighted by Crippen LogP contribution is 2.38. The van der Waals surface area contributed by atoms with Crippen LogP contribution in [-0.2, 0) is 4.74 Å². The minimum Gasteiger partial charge on any atom is -0.493 e. The van der Waals surface area contributed by atoms with Gasteiger partial charge in [-0.25, -0.2) is 4.79 Å². The van der Waals surface area contributed by atoms with E-state index >= 15 is 0 Å². The molecule has 7 heteroatoms. The maximum Gasteiger partial charge on any atom is 0.339 e. The van der Waals surface area contributed by atoms with Crippen LogP contribution in [0.2, 0.25) is 5.02 Å². The normalized spacial score (nSPS) is 11.4. The fraction of sp³-hybridized carbons (Fsp3) is 0.167. The molecule has 0 amide bonds. The van der Waals surface area contributed by atoms with E-state index in [4.69, 9.17) is 30.5 Å². The zero-order valence-electron chi connectivity index (χ0n) is 17.3. The smallest absolute Gasteiger partial charge is 0.339 e. The molecule has 0 aliphatic carbocycles. The quantitative estimate of drug-likeness (QED) is 0.356. The second-order valence-corrected chi connectivity index (χ2v) is 6.92. The van der Waals surface area contributed by atoms with Crippen LogP contribution in [0.15, 0.2) is 66.7 Å². The van der Waals surface area contributed by atoms with Gasteiger partial charge in [-0.15, -0.1) is 0 Å². The van der Waals surface area contributed by atoms with Gasteiger partial charge in [-0.05, 0) is 24.3 Å². The number of esters is 1. The van der Waals surface area contributed by atoms with Crippen LogP contribution in [0.4, 0.5) is 0 Å². The molecular formula is C24H21ClO6. The predicted octanol–water partition coefficient (Wildman–Crippen LogP) is 5.15. The van der Waals surface area contributed by atoms with Crippen LogP contribution in [0.3, 0.4) is 0 Å². The van der Waals surface area contributed by atoms with E-state index in [0.29, 0.717) is 33.4 Å². The van der Waals surface area contributed by atoms with Gasteiger partial charge in [0.05, 0.1) is 26.9 Å². The van der Waals surface area contributed by atoms with Crippen molar-refractivity contribution in [3.05, 3.63) is 88.4 Å². The van der Waals surface area contributed by atoms with Crippen molar-refractivity contribution in [2.75, 3.05) is 21.3 Å². The molecule has 1 atom stereocenters. The number of halogens is 1. The van der Waals surface area contributed by atoms with Gasteiger partial charge >= 0.3 is 5.97 Å². The van der Waals surface area contributed by atoms with Gasteiger partial charge in [0.25, 0.3) is 0 Å². The van der Waals surface area contributed by atoms with Gasteiger partial charge in [0.1, 0.15) is 0 Å². The first-order valence-corrected chi connectivity index (χ1v) is 9.72. The first-order valence-electron chi connectivity index (χ1n) is 9.34. The largest absolute Gasteiger partial charge is 0.493 e. The van der Waals surface area contributed by atoms with Crippen LogP contribution in [0.1, 0.15) is 32.4 Å². The Morgan fingerprint density at radius 3 is 1.87 bits per heavy atom. The SMILES string of the molecule is COc1cc(C(=O)OC(C(=O)c2ccccc2)c2ccc(Cl)cc2)cc(OC)c1OC. The third-order valence-electron chi connectivity index (χ3n) is 4.59. The van der Waals surface area contributed by atoms with Crippen LogP contribution >= 0.6 is 11.6 Å². The molecule has 160 valence electrons. The van der Waals surface area contributed by atoms with E-state index in [-0.39, 0.29) is 11.3 Å². The van der Waals surface area contributed by atoms with E-state index < -0.39 is 12.1 Å². The summed E-state index contributed by atoms with van der Waals surface area (Å²) in [7, 11) is 4.36. The summed E-state index contributed by atoms with van der Waals surface area (Å²) in [6.07, 6.45) is -1.16. The molecule has 0 saturated carbocycles. The maximum atomic E-state index is 13.2. The molecule has 0 heterocycles. The molecule has 0 radical (unpaired) electrons. The van der Waals surface area contributed by atoms with E-state index in [1.807, 2.05) is 0 Å². The van der Waals surface area contributed by atoms with Crippen molar-refractivity contribution < 1.29 is 28.5 Å². The number of Topliss-reactive ketones (excluding diaryl/α,β-unsaturated/α-hetero) is 1. The lowest BCUT2D eigenvalue weighted by Gasteiger charge is -2.19. The molecule has 3 rings (SSSR count). The van der Waals surface area contributed by atoms with Crippen molar-refractivity contribution in [1.29, 1.82) is 0 Å². The lowest BCUT2D eigenvalue weighted by molar-refractivity contribution is 0.0279. The minimum atomic E-state index is -1.16. The Morgan fingerprint density at radius 2 is 1.35 bits per heavy atom. The van der Waals surface area contributed by atoms with Crippen LogP contribution in [-0.4, -0.2) is 33.1 Å². The predicted molar refractivity (Wildman–Crippen MR) is 116 cm³/mol. The van der Waals surface area contributed by atoms with Gasteiger partial charge < -0.3 is 18.9 Å². The Kier molecular flexibility index (Phi) is 7.15. The summed E-state index contributed by atoms with van der Waals surface area (Å²) in [6.45, 7) is 0. The molecule has 0 spiro atoms. The molecule has 0 bridgehead atoms. The maximum absolute atomic E-state index is 13.2. The lowest BCUT2D eigenvalue weighted by Crippen LogP contribution is -2.20. The number of hydrogen-bond acceptors (Lipinski definition) is 6. The van der Waals surface area contributed by atoms with E-state index in [1.54, 1.807) is 54.6 Å². The lowest BCUT2D eigenvalue weighted by atomic mass is 9.99. The molecule has 0 aliphatic heterocycles. The molecule has 0 saturated heterocycles. The molecule has 6 nitrogen and oxygen atoms in total. The fourth-order valence-electron chi connectivity index (χ4n) is 3.04. The summed E-state index contributed by atoms with van der Waals surface area (Å²) >= 11 is 5.98. The first kappa shape index (κ1) is 22.2. The highest BCUT2D eigenvalue weighted by Gasteiger charge is 2.28. The van der Waals surface area contributed by atoms with Crippen molar-refractivity contribution in [2.45, 2.75) is 6.10 Å². The Hall–Kier alpha value is -3.51. The third-order valence-corrected chi connectivity index (χ3v) is 4.85. The fourth-order valence-corrected chi connectivity index (χ4v) is 3.16. The van der Waals surface area contributed by atoms with Crippen LogP contribution in [0, 0.1) is 0 Å². The Labute approximate surface area is 185 Å². The standard InChI is InChI=1S/C24H21ClO6/c1-28-19-13-17(14-20(29-2)23(19)30-3)24(27)31-22(16-9-11-18(25)12-10-16)21(26)15-7-5-4-6-8-15/h4-14,22H,1-3H3. The van der Waals surface area contributed by atoms with E-state index in [2.05, 4.69) is 0 Å². The van der Waals surface area contributed by atoms with E-state index in [9.17, 15) is 9.59 Å². The average molecular weight is 441 g/mol. The number of hydrogen-bond donors (Lipinski definition) is 0. The number of carbonyl (C=O) groups excluding carboxylic acids is 2. The Balaban J connectivity index is 1.98. The number of ether oxygens (including phenoxy) is 4. The third kappa shape index (κ3) is 4.98. The zero-order chi connectivity index (χ0) is 22.4. The summed E-state index contributed by atoms with van der Waals surface area (Å²) < 4.78 is 21.5. The molecule has 31 heavy (non-hydrogen) atoms. The summed E-state index contributed by atoms with van der Waals surface area (Å²) in [6, 6.07) is 18.1. The van der Waals surface area contributed by atoms with Gasteiger partial charge in [-0.1, -0.05) is 54.1 Å². The van der Waals surface area contributed by atoms with Crippen LogP contribution in [0.5, 0.6) is 17.2 Å². The Morgan fingerprint density at radius 1 is 0.774 bits per heavy atom. The number of methoxy groups -OCH3 is 3. The molecular weight excluding hydrogens is 420 g/mol. The van der Waals surface area contributed by atoms with Gasteiger partial charge in [0.2, 0.25) is 11.5 Å². The second-order valence-electron chi connectivity index (χ2n) is 6.48. The summed E-state index contributed by atoms with van der Waals surface area (Å²) in [5, 5.41) is 0.505. The highest BCUT2D eigenvalue weighted by molar-refractivity contribution is 6.30. The molecule has 0 N–H and O–H groups in total. The molecule has 0 fully saturated rings. The summed E-state index contributed by atoms with van der Waals surface area (Å²) in [5.74, 6) is -0.138. The van der Waals surface area contributed by atoms with E-state index in [1.165, 1.54) is 33.5 Å². The summed E-state index contributed by atoms with van der Waals surface area (Å²) in [4.78, 5) is 26.2. The van der Waals surface area contributed by atoms with Crippen molar-refractivity contribution in [3.63, 3.8) is 0 Å². The second kappa shape index (κ2) is 10.00. The topological polar surface area (TPSA) is 71.1 Å². The molecule has 0 aliphatic rings. The number of carbonyl (C=O) groups is 2. The van der Waals surface area contributed by atoms with Crippen molar-refractivity contribution in [1.82, 2.24) is 0 Å². The van der Waals surface area contributed by atoms with Crippen molar-refractivity contribution >= 4 is 23.4 Å². The molecule has 3 aromatic rings. The minimum absolute atomic E-state index is 0.148. The van der Waals surface area contributed by atoms with Crippen LogP contribution < -0.4 is 14.2 Å². The van der Waals surface area contributed by atoms with Gasteiger partial charge in [-0.3, -0.25) is 4.79 Å². The van der Waals surface area contributed by atoms with Gasteiger partial charge in [0, 0.05) is 16.1 Å². The number of rotatable bonds is 8. The van der Waals surface area contributed by atoms with Gasteiger partial charge in [-0.2, -0.15) is 0 Å². The van der Waals surface area contributed by atoms with Crippen molar-refractivity contribution in [2.24, 2.45) is 0 Å². The monoisotopic (exact) mass is 440 g/mol. The van der Waals surface area contributed by atoms with Crippen LogP contribution in [0.25, 0.3) is 0 Å².